The zero-order valence-electron chi connectivity index (χ0n) is 14.5. The van der Waals surface area contributed by atoms with Gasteiger partial charge in [0.2, 0.25) is 0 Å². The molecule has 24 heavy (non-hydrogen) atoms. The number of ether oxygens (including phenoxy) is 2. The van der Waals surface area contributed by atoms with Crippen LogP contribution in [0, 0.1) is 11.8 Å². The van der Waals surface area contributed by atoms with Gasteiger partial charge in [-0.05, 0) is 62.1 Å². The standard InChI is InChI=1S/C19H26N2O3/c1-12(13-3-4-13)21(2)19(22)20-18(14-5-6-14)15-7-8-16-17(11-15)24-10-9-23-16/h7-8,11-14,18H,3-6,9-10H2,1-2H3,(H,20,22)/t12-,18-/m1/s1. The first-order valence-corrected chi connectivity index (χ1v) is 9.06. The van der Waals surface area contributed by atoms with Gasteiger partial charge in [-0.3, -0.25) is 0 Å². The van der Waals surface area contributed by atoms with Crippen molar-refractivity contribution in [2.75, 3.05) is 20.3 Å². The van der Waals surface area contributed by atoms with Crippen LogP contribution in [0.2, 0.25) is 0 Å². The van der Waals surface area contributed by atoms with Gasteiger partial charge in [0.25, 0.3) is 0 Å². The number of hydrogen-bond donors (Lipinski definition) is 1. The second-order valence-electron chi connectivity index (χ2n) is 7.36. The van der Waals surface area contributed by atoms with Crippen LogP contribution in [-0.2, 0) is 0 Å². The molecule has 0 aromatic heterocycles. The molecule has 2 saturated carbocycles. The highest BCUT2D eigenvalue weighted by Gasteiger charge is 2.37. The molecule has 0 bridgehead atoms. The van der Waals surface area contributed by atoms with Crippen molar-refractivity contribution in [1.82, 2.24) is 10.2 Å². The largest absolute Gasteiger partial charge is 0.486 e. The number of rotatable bonds is 5. The van der Waals surface area contributed by atoms with Gasteiger partial charge in [0.1, 0.15) is 13.2 Å². The lowest BCUT2D eigenvalue weighted by Gasteiger charge is -2.29. The highest BCUT2D eigenvalue weighted by molar-refractivity contribution is 5.75. The van der Waals surface area contributed by atoms with Gasteiger partial charge in [-0.2, -0.15) is 0 Å². The van der Waals surface area contributed by atoms with Crippen molar-refractivity contribution < 1.29 is 14.3 Å². The van der Waals surface area contributed by atoms with Crippen molar-refractivity contribution >= 4 is 6.03 Å². The van der Waals surface area contributed by atoms with Gasteiger partial charge in [0.05, 0.1) is 6.04 Å². The average molecular weight is 330 g/mol. The Bertz CT molecular complexity index is 625. The van der Waals surface area contributed by atoms with E-state index in [0.29, 0.717) is 31.1 Å². The lowest BCUT2D eigenvalue weighted by Crippen LogP contribution is -2.45. The molecular weight excluding hydrogens is 304 g/mol. The molecule has 2 aliphatic carbocycles. The molecule has 5 heteroatoms. The van der Waals surface area contributed by atoms with E-state index in [2.05, 4.69) is 18.3 Å². The number of benzene rings is 1. The van der Waals surface area contributed by atoms with Crippen LogP contribution in [0.5, 0.6) is 11.5 Å². The van der Waals surface area contributed by atoms with Crippen molar-refractivity contribution in [3.63, 3.8) is 0 Å². The van der Waals surface area contributed by atoms with Crippen molar-refractivity contribution in [2.24, 2.45) is 11.8 Å². The summed E-state index contributed by atoms with van der Waals surface area (Å²) in [6.07, 6.45) is 4.82. The van der Waals surface area contributed by atoms with E-state index < -0.39 is 0 Å². The van der Waals surface area contributed by atoms with E-state index >= 15 is 0 Å². The SMILES string of the molecule is C[C@H](C1CC1)N(C)C(=O)N[C@@H](c1ccc2c(c1)OCCO2)C1CC1. The Hall–Kier alpha value is -1.91. The maximum Gasteiger partial charge on any atom is 0.317 e. The first-order valence-electron chi connectivity index (χ1n) is 9.06. The molecule has 0 spiro atoms. The molecule has 3 aliphatic rings. The van der Waals surface area contributed by atoms with Gasteiger partial charge >= 0.3 is 6.03 Å². The van der Waals surface area contributed by atoms with Crippen LogP contribution in [-0.4, -0.2) is 37.2 Å². The average Bonchev–Trinajstić information content (AvgIpc) is 3.49. The molecule has 5 nitrogen and oxygen atoms in total. The smallest absolute Gasteiger partial charge is 0.317 e. The third-order valence-corrected chi connectivity index (χ3v) is 5.53. The topological polar surface area (TPSA) is 50.8 Å². The number of amides is 2. The van der Waals surface area contributed by atoms with Crippen LogP contribution in [0.4, 0.5) is 4.79 Å². The van der Waals surface area contributed by atoms with E-state index in [1.165, 1.54) is 25.7 Å². The summed E-state index contributed by atoms with van der Waals surface area (Å²) in [6, 6.07) is 6.44. The van der Waals surface area contributed by atoms with Crippen LogP contribution in [0.1, 0.15) is 44.2 Å². The molecule has 2 amide bonds. The zero-order chi connectivity index (χ0) is 16.7. The van der Waals surface area contributed by atoms with E-state index in [9.17, 15) is 4.79 Å². The first-order chi connectivity index (χ1) is 11.6. The predicted octanol–water partition coefficient (Wildman–Crippen LogP) is 3.35. The van der Waals surface area contributed by atoms with Crippen molar-refractivity contribution in [1.29, 1.82) is 0 Å². The van der Waals surface area contributed by atoms with Crippen molar-refractivity contribution in [3.8, 4) is 11.5 Å². The zero-order valence-corrected chi connectivity index (χ0v) is 14.5. The molecule has 1 heterocycles. The van der Waals surface area contributed by atoms with Gasteiger partial charge in [0, 0.05) is 13.1 Å². The number of carbonyl (C=O) groups excluding carboxylic acids is 1. The summed E-state index contributed by atoms with van der Waals surface area (Å²) in [7, 11) is 1.91. The maximum absolute atomic E-state index is 12.7. The predicted molar refractivity (Wildman–Crippen MR) is 91.4 cm³/mol. The van der Waals surface area contributed by atoms with Crippen LogP contribution in [0.15, 0.2) is 18.2 Å². The number of fused-ring (bicyclic) bond motifs is 1. The molecule has 2 fully saturated rings. The van der Waals surface area contributed by atoms with Crippen LogP contribution in [0.3, 0.4) is 0 Å². The fraction of sp³-hybridized carbons (Fsp3) is 0.632. The van der Waals surface area contributed by atoms with Crippen molar-refractivity contribution in [3.05, 3.63) is 23.8 Å². The monoisotopic (exact) mass is 330 g/mol. The van der Waals surface area contributed by atoms with Crippen LogP contribution in [0.25, 0.3) is 0 Å². The van der Waals surface area contributed by atoms with Gasteiger partial charge < -0.3 is 19.7 Å². The number of urea groups is 1. The molecule has 4 rings (SSSR count). The molecule has 1 aromatic rings. The van der Waals surface area contributed by atoms with E-state index in [1.807, 2.05) is 24.1 Å². The summed E-state index contributed by atoms with van der Waals surface area (Å²) in [5.41, 5.74) is 1.11. The minimum atomic E-state index is 0.0289. The summed E-state index contributed by atoms with van der Waals surface area (Å²) < 4.78 is 11.3. The number of carbonyl (C=O) groups is 1. The number of nitrogens with one attached hydrogen (secondary N) is 1. The normalized spacial score (nSPS) is 21.8. The lowest BCUT2D eigenvalue weighted by molar-refractivity contribution is 0.171. The highest BCUT2D eigenvalue weighted by Crippen LogP contribution is 2.43. The molecule has 2 atom stereocenters. The van der Waals surface area contributed by atoms with E-state index in [-0.39, 0.29) is 12.1 Å². The Labute approximate surface area is 143 Å². The third-order valence-electron chi connectivity index (χ3n) is 5.53. The number of hydrogen-bond acceptors (Lipinski definition) is 3. The Morgan fingerprint density at radius 3 is 2.46 bits per heavy atom. The molecular formula is C19H26N2O3. The second-order valence-corrected chi connectivity index (χ2v) is 7.36. The molecule has 1 aromatic carbocycles. The van der Waals surface area contributed by atoms with Gasteiger partial charge in [-0.15, -0.1) is 0 Å². The van der Waals surface area contributed by atoms with E-state index in [4.69, 9.17) is 9.47 Å². The van der Waals surface area contributed by atoms with E-state index in [1.54, 1.807) is 0 Å². The summed E-state index contributed by atoms with van der Waals surface area (Å²) in [6.45, 7) is 3.32. The summed E-state index contributed by atoms with van der Waals surface area (Å²) >= 11 is 0. The Kier molecular flexibility index (Phi) is 4.02. The summed E-state index contributed by atoms with van der Waals surface area (Å²) in [5, 5.41) is 3.26. The molecule has 0 radical (unpaired) electrons. The van der Waals surface area contributed by atoms with Crippen molar-refractivity contribution in [2.45, 2.75) is 44.7 Å². The van der Waals surface area contributed by atoms with Crippen LogP contribution >= 0.6 is 0 Å². The number of nitrogens with zero attached hydrogens (tertiary/aromatic N) is 1. The highest BCUT2D eigenvalue weighted by atomic mass is 16.6. The van der Waals surface area contributed by atoms with Crippen LogP contribution < -0.4 is 14.8 Å². The molecule has 0 unspecified atom stereocenters. The summed E-state index contributed by atoms with van der Waals surface area (Å²) in [5.74, 6) is 2.79. The quantitative estimate of drug-likeness (QED) is 0.901. The Balaban J connectivity index is 1.49. The molecule has 0 saturated heterocycles. The van der Waals surface area contributed by atoms with Gasteiger partial charge in [-0.25, -0.2) is 4.79 Å². The third kappa shape index (κ3) is 3.17. The Morgan fingerprint density at radius 1 is 1.12 bits per heavy atom. The van der Waals surface area contributed by atoms with Gasteiger partial charge in [0.15, 0.2) is 11.5 Å². The molecule has 1 N–H and O–H groups in total. The van der Waals surface area contributed by atoms with E-state index in [0.717, 1.165) is 17.1 Å². The maximum atomic E-state index is 12.7. The minimum absolute atomic E-state index is 0.0289. The fourth-order valence-electron chi connectivity index (χ4n) is 3.47. The molecule has 1 aliphatic heterocycles. The first kappa shape index (κ1) is 15.6. The molecule has 130 valence electrons. The lowest BCUT2D eigenvalue weighted by atomic mass is 10.0. The Morgan fingerprint density at radius 2 is 1.79 bits per heavy atom. The second kappa shape index (κ2) is 6.19. The minimum Gasteiger partial charge on any atom is -0.486 e. The van der Waals surface area contributed by atoms with Gasteiger partial charge in [-0.1, -0.05) is 6.07 Å². The summed E-state index contributed by atoms with van der Waals surface area (Å²) in [4.78, 5) is 14.5. The fourth-order valence-corrected chi connectivity index (χ4v) is 3.47.